The Labute approximate surface area is 174 Å². The average molecular weight is 405 g/mol. The van der Waals surface area contributed by atoms with Gasteiger partial charge in [-0.15, -0.1) is 0 Å². The van der Waals surface area contributed by atoms with Crippen molar-refractivity contribution in [2.24, 2.45) is 5.92 Å². The summed E-state index contributed by atoms with van der Waals surface area (Å²) in [5.41, 5.74) is 0.487. The predicted molar refractivity (Wildman–Crippen MR) is 113 cm³/mol. The highest BCUT2D eigenvalue weighted by molar-refractivity contribution is 5.93. The second-order valence-electron chi connectivity index (χ2n) is 8.37. The van der Waals surface area contributed by atoms with Crippen molar-refractivity contribution in [3.05, 3.63) is 35.3 Å². The number of hydrogen-bond donors (Lipinski definition) is 0. The second kappa shape index (κ2) is 10.9. The molecule has 2 fully saturated rings. The molecule has 2 saturated heterocycles. The molecular formula is C22H36N4O3. The van der Waals surface area contributed by atoms with Crippen LogP contribution in [0.15, 0.2) is 24.5 Å². The Morgan fingerprint density at radius 3 is 2.76 bits per heavy atom. The lowest BCUT2D eigenvalue weighted by Crippen LogP contribution is -2.47. The highest BCUT2D eigenvalue weighted by Crippen LogP contribution is 2.23. The third-order valence-electron chi connectivity index (χ3n) is 6.44. The van der Waals surface area contributed by atoms with Gasteiger partial charge < -0.3 is 19.7 Å². The fourth-order valence-electron chi connectivity index (χ4n) is 4.70. The van der Waals surface area contributed by atoms with Crippen LogP contribution in [0.1, 0.15) is 43.0 Å². The first kappa shape index (κ1) is 22.0. The maximum atomic E-state index is 13.3. The van der Waals surface area contributed by atoms with Gasteiger partial charge in [-0.3, -0.25) is 9.69 Å². The predicted octanol–water partition coefficient (Wildman–Crippen LogP) is 1.60. The molecule has 0 spiro atoms. The number of carbonyl (C=O) groups is 1. The Morgan fingerprint density at radius 2 is 2.07 bits per heavy atom. The summed E-state index contributed by atoms with van der Waals surface area (Å²) in [4.78, 5) is 20.2. The summed E-state index contributed by atoms with van der Waals surface area (Å²) < 4.78 is 5.91. The molecule has 162 valence electrons. The highest BCUT2D eigenvalue weighted by Gasteiger charge is 2.30. The molecule has 0 bridgehead atoms. The van der Waals surface area contributed by atoms with Crippen LogP contribution in [0, 0.1) is 11.1 Å². The first-order chi connectivity index (χ1) is 14.1. The molecule has 0 saturated carbocycles. The molecule has 2 aliphatic heterocycles. The van der Waals surface area contributed by atoms with Gasteiger partial charge in [0.15, 0.2) is 12.4 Å². The molecule has 7 heteroatoms. The third kappa shape index (κ3) is 6.14. The van der Waals surface area contributed by atoms with Crippen LogP contribution in [-0.2, 0) is 4.74 Å². The van der Waals surface area contributed by atoms with E-state index in [0.717, 1.165) is 71.7 Å². The van der Waals surface area contributed by atoms with Crippen molar-refractivity contribution in [3.8, 4) is 0 Å². The summed E-state index contributed by atoms with van der Waals surface area (Å²) in [5, 5.41) is 11.7. The normalized spacial score (nSPS) is 21.5. The van der Waals surface area contributed by atoms with E-state index in [-0.39, 0.29) is 5.91 Å². The van der Waals surface area contributed by atoms with Crippen molar-refractivity contribution in [2.75, 3.05) is 59.5 Å². The zero-order valence-electron chi connectivity index (χ0n) is 18.0. The number of methoxy groups -OCH3 is 1. The van der Waals surface area contributed by atoms with Crippen molar-refractivity contribution in [3.63, 3.8) is 0 Å². The van der Waals surface area contributed by atoms with Gasteiger partial charge in [0, 0.05) is 38.9 Å². The number of hydrogen-bond acceptors (Lipinski definition) is 5. The topological polar surface area (TPSA) is 63.0 Å². The molecule has 2 aliphatic rings. The second-order valence-corrected chi connectivity index (χ2v) is 8.37. The van der Waals surface area contributed by atoms with Gasteiger partial charge in [-0.2, -0.15) is 4.73 Å². The summed E-state index contributed by atoms with van der Waals surface area (Å²) in [6, 6.07) is 3.83. The largest absolute Gasteiger partial charge is 0.619 e. The molecular weight excluding hydrogens is 368 g/mol. The molecule has 0 N–H and O–H groups in total. The summed E-state index contributed by atoms with van der Waals surface area (Å²) in [6.07, 6.45) is 7.37. The van der Waals surface area contributed by atoms with Gasteiger partial charge in [-0.25, -0.2) is 0 Å². The zero-order chi connectivity index (χ0) is 20.6. The minimum atomic E-state index is -0.0139. The monoisotopic (exact) mass is 404 g/mol. The van der Waals surface area contributed by atoms with E-state index in [1.165, 1.54) is 18.8 Å². The first-order valence-corrected chi connectivity index (χ1v) is 11.0. The van der Waals surface area contributed by atoms with E-state index in [1.54, 1.807) is 19.2 Å². The Morgan fingerprint density at radius 1 is 1.28 bits per heavy atom. The van der Waals surface area contributed by atoms with Gasteiger partial charge in [0.25, 0.3) is 5.91 Å². The lowest BCUT2D eigenvalue weighted by Gasteiger charge is -2.36. The number of nitrogens with zero attached hydrogens (tertiary/aromatic N) is 4. The zero-order valence-corrected chi connectivity index (χ0v) is 18.0. The van der Waals surface area contributed by atoms with Crippen LogP contribution in [0.3, 0.4) is 0 Å². The summed E-state index contributed by atoms with van der Waals surface area (Å²) in [6.45, 7) is 9.74. The van der Waals surface area contributed by atoms with Crippen LogP contribution in [0.5, 0.6) is 0 Å². The number of likely N-dealkylation sites (tertiary alicyclic amines) is 2. The van der Waals surface area contributed by atoms with Crippen molar-refractivity contribution in [2.45, 2.75) is 38.6 Å². The van der Waals surface area contributed by atoms with Crippen LogP contribution in [0.25, 0.3) is 0 Å². The quantitative estimate of drug-likeness (QED) is 0.462. The molecule has 3 rings (SSSR count). The molecule has 0 radical (unpaired) electrons. The average Bonchev–Trinajstić information content (AvgIpc) is 3.19. The SMILES string of the molecule is CCN1CCC[C@@H]1CN(CC1CCN(CCOC)CC1)C(=O)c1ccc[n+]([O-])c1. The van der Waals surface area contributed by atoms with Crippen molar-refractivity contribution < 1.29 is 14.3 Å². The van der Waals surface area contributed by atoms with Crippen LogP contribution >= 0.6 is 0 Å². The van der Waals surface area contributed by atoms with Crippen molar-refractivity contribution in [1.82, 2.24) is 14.7 Å². The molecule has 0 unspecified atom stereocenters. The number of likely N-dealkylation sites (N-methyl/N-ethyl adjacent to an activating group) is 1. The lowest BCUT2D eigenvalue weighted by atomic mass is 9.95. The molecule has 29 heavy (non-hydrogen) atoms. The minimum absolute atomic E-state index is 0.0139. The number of carbonyl (C=O) groups excluding carboxylic acids is 1. The fraction of sp³-hybridized carbons (Fsp3) is 0.727. The van der Waals surface area contributed by atoms with Gasteiger partial charge in [0.2, 0.25) is 0 Å². The smallest absolute Gasteiger partial charge is 0.260 e. The van der Waals surface area contributed by atoms with Gasteiger partial charge in [0.05, 0.1) is 6.61 Å². The molecule has 1 aromatic rings. The van der Waals surface area contributed by atoms with E-state index in [0.29, 0.717) is 22.3 Å². The van der Waals surface area contributed by atoms with E-state index in [9.17, 15) is 10.0 Å². The Kier molecular flexibility index (Phi) is 8.27. The maximum Gasteiger partial charge on any atom is 0.260 e. The van der Waals surface area contributed by atoms with Crippen molar-refractivity contribution >= 4 is 5.91 Å². The molecule has 7 nitrogen and oxygen atoms in total. The maximum absolute atomic E-state index is 13.3. The van der Waals surface area contributed by atoms with E-state index >= 15 is 0 Å². The highest BCUT2D eigenvalue weighted by atomic mass is 16.5. The Hall–Kier alpha value is -1.70. The molecule has 1 amide bonds. The van der Waals surface area contributed by atoms with E-state index in [1.807, 2.05) is 4.90 Å². The van der Waals surface area contributed by atoms with Gasteiger partial charge >= 0.3 is 0 Å². The summed E-state index contributed by atoms with van der Waals surface area (Å²) in [7, 11) is 1.74. The van der Waals surface area contributed by atoms with E-state index in [2.05, 4.69) is 16.7 Å². The molecule has 1 atom stereocenters. The number of amides is 1. The number of rotatable bonds is 9. The van der Waals surface area contributed by atoms with Crippen LogP contribution in [0.2, 0.25) is 0 Å². The van der Waals surface area contributed by atoms with E-state index < -0.39 is 0 Å². The fourth-order valence-corrected chi connectivity index (χ4v) is 4.70. The van der Waals surface area contributed by atoms with E-state index in [4.69, 9.17) is 4.74 Å². The van der Waals surface area contributed by atoms with Crippen molar-refractivity contribution in [1.29, 1.82) is 0 Å². The number of piperidine rings is 1. The first-order valence-electron chi connectivity index (χ1n) is 11.0. The summed E-state index contributed by atoms with van der Waals surface area (Å²) in [5.74, 6) is 0.497. The molecule has 1 aromatic heterocycles. The van der Waals surface area contributed by atoms with Crippen LogP contribution in [-0.4, -0.2) is 86.2 Å². The third-order valence-corrected chi connectivity index (χ3v) is 6.44. The summed E-state index contributed by atoms with van der Waals surface area (Å²) >= 11 is 0. The Bertz CT molecular complexity index is 649. The minimum Gasteiger partial charge on any atom is -0.619 e. The Balaban J connectivity index is 1.65. The lowest BCUT2D eigenvalue weighted by molar-refractivity contribution is -0.605. The molecule has 0 aliphatic carbocycles. The molecule has 0 aromatic carbocycles. The van der Waals surface area contributed by atoms with Crippen LogP contribution in [0.4, 0.5) is 0 Å². The standard InChI is InChI=1S/C22H36N4O3/c1-3-24-10-5-7-21(24)18-25(22(27)20-6-4-11-26(28)17-20)16-19-8-12-23(13-9-19)14-15-29-2/h4,6,11,17,19,21H,3,5,7-10,12-16,18H2,1-2H3/t21-/m1/s1. The molecule has 3 heterocycles. The number of pyridine rings is 1. The number of ether oxygens (including phenoxy) is 1. The number of aromatic nitrogens is 1. The van der Waals surface area contributed by atoms with Gasteiger partial charge in [0.1, 0.15) is 5.56 Å². The van der Waals surface area contributed by atoms with Gasteiger partial charge in [-0.05, 0) is 63.8 Å². The van der Waals surface area contributed by atoms with Gasteiger partial charge in [-0.1, -0.05) is 6.92 Å². The van der Waals surface area contributed by atoms with Crippen LogP contribution < -0.4 is 4.73 Å².